The van der Waals surface area contributed by atoms with Crippen LogP contribution in [0.5, 0.6) is 0 Å². The molecule has 1 heterocycles. The number of nitrogens with zero attached hydrogens (tertiary/aromatic N) is 3. The second kappa shape index (κ2) is 18.0. The molecule has 4 aliphatic carbocycles. The van der Waals surface area contributed by atoms with Crippen molar-refractivity contribution in [1.82, 2.24) is 14.8 Å². The molecule has 1 aromatic rings. The van der Waals surface area contributed by atoms with Gasteiger partial charge in [0.2, 0.25) is 5.91 Å². The molecule has 4 saturated carbocycles. The van der Waals surface area contributed by atoms with Crippen LogP contribution in [0.2, 0.25) is 0 Å². The van der Waals surface area contributed by atoms with Crippen LogP contribution in [0.25, 0.3) is 0 Å². The van der Waals surface area contributed by atoms with Crippen LogP contribution in [0.4, 0.5) is 0 Å². The molecular weight excluding hydrogens is 574 g/mol. The molecular formula is C39H63N3O4. The summed E-state index contributed by atoms with van der Waals surface area (Å²) in [5, 5.41) is 0. The molecule has 258 valence electrons. The van der Waals surface area contributed by atoms with Gasteiger partial charge in [0.1, 0.15) is 12.7 Å². The highest BCUT2D eigenvalue weighted by atomic mass is 16.5. The smallest absolute Gasteiger partial charge is 0.252 e. The van der Waals surface area contributed by atoms with Gasteiger partial charge in [0.25, 0.3) is 5.91 Å². The van der Waals surface area contributed by atoms with Gasteiger partial charge in [-0.25, -0.2) is 0 Å². The van der Waals surface area contributed by atoms with Gasteiger partial charge in [0.15, 0.2) is 0 Å². The van der Waals surface area contributed by atoms with E-state index in [2.05, 4.69) is 16.7 Å². The van der Waals surface area contributed by atoms with Gasteiger partial charge in [-0.1, -0.05) is 90.0 Å². The van der Waals surface area contributed by atoms with Gasteiger partial charge in [0, 0.05) is 55.0 Å². The molecule has 5 rings (SSSR count). The lowest BCUT2D eigenvalue weighted by molar-refractivity contribution is -0.164. The molecule has 4 aliphatic rings. The van der Waals surface area contributed by atoms with Gasteiger partial charge < -0.3 is 19.3 Å². The molecule has 1 aromatic heterocycles. The van der Waals surface area contributed by atoms with Crippen molar-refractivity contribution < 1.29 is 19.1 Å². The number of carbonyl (C=O) groups excluding carboxylic acids is 2. The van der Waals surface area contributed by atoms with E-state index in [4.69, 9.17) is 14.5 Å². The largest absolute Gasteiger partial charge is 0.371 e. The Labute approximate surface area is 279 Å². The van der Waals surface area contributed by atoms with E-state index in [-0.39, 0.29) is 30.5 Å². The minimum atomic E-state index is -0.661. The van der Waals surface area contributed by atoms with Gasteiger partial charge in [-0.3, -0.25) is 14.6 Å². The van der Waals surface area contributed by atoms with Crippen LogP contribution in [0.3, 0.4) is 0 Å². The molecule has 4 fully saturated rings. The highest BCUT2D eigenvalue weighted by Gasteiger charge is 2.47. The van der Waals surface area contributed by atoms with Crippen molar-refractivity contribution in [2.45, 2.75) is 178 Å². The summed E-state index contributed by atoms with van der Waals surface area (Å²) in [6, 6.07) is 7.24. The fourth-order valence-corrected chi connectivity index (χ4v) is 9.46. The Morgan fingerprint density at radius 2 is 1.24 bits per heavy atom. The Morgan fingerprint density at radius 3 is 1.65 bits per heavy atom. The highest BCUT2D eigenvalue weighted by molar-refractivity contribution is 5.83. The lowest BCUT2D eigenvalue weighted by Crippen LogP contribution is -2.58. The van der Waals surface area contributed by atoms with E-state index in [1.807, 2.05) is 24.4 Å². The zero-order chi connectivity index (χ0) is 32.2. The molecule has 0 bridgehead atoms. The average molecular weight is 638 g/mol. The molecule has 2 atom stereocenters. The van der Waals surface area contributed by atoms with Gasteiger partial charge in [-0.15, -0.1) is 0 Å². The first-order valence-electron chi connectivity index (χ1n) is 19.2. The van der Waals surface area contributed by atoms with Crippen LogP contribution in [0.15, 0.2) is 24.4 Å². The summed E-state index contributed by atoms with van der Waals surface area (Å²) >= 11 is 0. The lowest BCUT2D eigenvalue weighted by Gasteiger charge is -2.46. The van der Waals surface area contributed by atoms with E-state index in [1.165, 1.54) is 77.0 Å². The lowest BCUT2D eigenvalue weighted by atomic mass is 9.74. The summed E-state index contributed by atoms with van der Waals surface area (Å²) in [6.07, 6.45) is 25.9. The van der Waals surface area contributed by atoms with Gasteiger partial charge in [0.05, 0.1) is 6.61 Å². The van der Waals surface area contributed by atoms with E-state index in [0.717, 1.165) is 57.1 Å². The number of pyridine rings is 1. The zero-order valence-electron chi connectivity index (χ0n) is 29.1. The number of amides is 2. The van der Waals surface area contributed by atoms with Crippen molar-refractivity contribution >= 4 is 11.8 Å². The maximum absolute atomic E-state index is 14.9. The zero-order valence-corrected chi connectivity index (χ0v) is 29.1. The molecule has 0 aliphatic heterocycles. The molecule has 0 N–H and O–H groups in total. The SMILES string of the molecule is CCC(COCC(=O)N(C1CCCCC1)C1CCCCC1)(Cc1ccccn1)C(OC)C(=O)N(C1CCCCC1)C1CCCCC1. The van der Waals surface area contributed by atoms with Crippen molar-refractivity contribution in [3.8, 4) is 0 Å². The molecule has 2 unspecified atom stereocenters. The molecule has 0 aromatic carbocycles. The number of hydrogen-bond acceptors (Lipinski definition) is 5. The monoisotopic (exact) mass is 637 g/mol. The van der Waals surface area contributed by atoms with Gasteiger partial charge >= 0.3 is 0 Å². The predicted molar refractivity (Wildman–Crippen MR) is 183 cm³/mol. The number of hydrogen-bond donors (Lipinski definition) is 0. The topological polar surface area (TPSA) is 72.0 Å². The number of rotatable bonds is 14. The number of aromatic nitrogens is 1. The van der Waals surface area contributed by atoms with Crippen molar-refractivity contribution in [2.24, 2.45) is 5.41 Å². The summed E-state index contributed by atoms with van der Waals surface area (Å²) in [5.74, 6) is 0.257. The quantitative estimate of drug-likeness (QED) is 0.207. The van der Waals surface area contributed by atoms with Crippen LogP contribution < -0.4 is 0 Å². The molecule has 0 spiro atoms. The average Bonchev–Trinajstić information content (AvgIpc) is 3.11. The van der Waals surface area contributed by atoms with E-state index in [0.29, 0.717) is 31.5 Å². The third-order valence-corrected chi connectivity index (χ3v) is 12.0. The number of methoxy groups -OCH3 is 1. The van der Waals surface area contributed by atoms with Crippen LogP contribution in [-0.4, -0.2) is 77.2 Å². The van der Waals surface area contributed by atoms with Crippen LogP contribution in [0.1, 0.15) is 147 Å². The van der Waals surface area contributed by atoms with E-state index in [9.17, 15) is 9.59 Å². The molecule has 46 heavy (non-hydrogen) atoms. The van der Waals surface area contributed by atoms with Crippen molar-refractivity contribution in [3.63, 3.8) is 0 Å². The normalized spacial score (nSPS) is 23.0. The summed E-state index contributed by atoms with van der Waals surface area (Å²) < 4.78 is 12.8. The van der Waals surface area contributed by atoms with Crippen LogP contribution >= 0.6 is 0 Å². The van der Waals surface area contributed by atoms with Crippen molar-refractivity contribution in [3.05, 3.63) is 30.1 Å². The number of ether oxygens (including phenoxy) is 2. The van der Waals surface area contributed by atoms with E-state index in [1.54, 1.807) is 7.11 Å². The Bertz CT molecular complexity index is 1010. The van der Waals surface area contributed by atoms with Crippen LogP contribution in [-0.2, 0) is 25.5 Å². The molecule has 2 amide bonds. The maximum Gasteiger partial charge on any atom is 0.252 e. The third kappa shape index (κ3) is 8.92. The fraction of sp³-hybridized carbons (Fsp3) is 0.821. The summed E-state index contributed by atoms with van der Waals surface area (Å²) in [4.78, 5) is 38.2. The summed E-state index contributed by atoms with van der Waals surface area (Å²) in [7, 11) is 1.70. The Hall–Kier alpha value is -1.99. The van der Waals surface area contributed by atoms with Crippen molar-refractivity contribution in [1.29, 1.82) is 0 Å². The maximum atomic E-state index is 14.9. The second-order valence-corrected chi connectivity index (χ2v) is 15.0. The Kier molecular flexibility index (Phi) is 13.8. The fourth-order valence-electron chi connectivity index (χ4n) is 9.46. The van der Waals surface area contributed by atoms with Crippen molar-refractivity contribution in [2.75, 3.05) is 20.3 Å². The molecule has 7 nitrogen and oxygen atoms in total. The second-order valence-electron chi connectivity index (χ2n) is 15.0. The number of carbonyl (C=O) groups is 2. The van der Waals surface area contributed by atoms with Gasteiger partial charge in [-0.2, -0.15) is 0 Å². The summed E-state index contributed by atoms with van der Waals surface area (Å²) in [6.45, 7) is 2.51. The molecule has 0 saturated heterocycles. The molecule has 7 heteroatoms. The van der Waals surface area contributed by atoms with Crippen LogP contribution in [0, 0.1) is 5.41 Å². The predicted octanol–water partition coefficient (Wildman–Crippen LogP) is 8.04. The minimum Gasteiger partial charge on any atom is -0.371 e. The minimum absolute atomic E-state index is 0.0660. The Balaban J connectivity index is 1.38. The highest BCUT2D eigenvalue weighted by Crippen LogP contribution is 2.38. The van der Waals surface area contributed by atoms with Gasteiger partial charge in [-0.05, 0) is 69.9 Å². The van der Waals surface area contributed by atoms with E-state index >= 15 is 0 Å². The van der Waals surface area contributed by atoms with E-state index < -0.39 is 11.5 Å². The standard InChI is InChI=1S/C39H63N3O4/c1-3-39(28-31-18-16-17-27-40-31,30-46-29-36(43)41(32-19-8-4-9-20-32)33-21-10-5-11-22-33)37(45-2)38(44)42(34-23-12-6-13-24-34)35-25-14-7-15-26-35/h16-18,27,32-35,37H,3-15,19-26,28-30H2,1-2H3. The molecule has 0 radical (unpaired) electrons. The third-order valence-electron chi connectivity index (χ3n) is 12.0. The first kappa shape index (κ1) is 35.3. The first-order valence-corrected chi connectivity index (χ1v) is 19.2. The summed E-state index contributed by atoms with van der Waals surface area (Å²) in [5.41, 5.74) is 0.296. The first-order chi connectivity index (χ1) is 22.6. The Morgan fingerprint density at radius 1 is 0.761 bits per heavy atom.